The number of hydrogen-bond donors (Lipinski definition) is 1. The van der Waals surface area contributed by atoms with Crippen LogP contribution in [0.3, 0.4) is 0 Å². The van der Waals surface area contributed by atoms with E-state index in [1.807, 2.05) is 20.8 Å². The quantitative estimate of drug-likeness (QED) is 0.0805. The first-order valence-corrected chi connectivity index (χ1v) is 20.6. The number of ketones is 1. The summed E-state index contributed by atoms with van der Waals surface area (Å²) in [6.07, 6.45) is 4.81. The van der Waals surface area contributed by atoms with Gasteiger partial charge in [0.2, 0.25) is 0 Å². The molecule has 0 aliphatic carbocycles. The molecule has 3 aromatic rings. The number of allylic oxidation sites excluding steroid dienone is 6. The summed E-state index contributed by atoms with van der Waals surface area (Å²) in [5, 5.41) is 25.7. The molecule has 0 bridgehead atoms. The number of rotatable bonds is 13. The molecule has 1 N–H and O–H groups in total. The maximum Gasteiger partial charge on any atom is 2.00 e. The Bertz CT molecular complexity index is 1740. The van der Waals surface area contributed by atoms with Gasteiger partial charge in [0.05, 0.1) is 11.4 Å². The summed E-state index contributed by atoms with van der Waals surface area (Å²) in [5.74, 6) is 2.72. The van der Waals surface area contributed by atoms with E-state index in [0.717, 1.165) is 34.2 Å². The molecule has 0 saturated carbocycles. The molecule has 0 heterocycles. The Balaban J connectivity index is 0.000000833. The van der Waals surface area contributed by atoms with Gasteiger partial charge in [0.1, 0.15) is 0 Å². The first-order valence-electron chi connectivity index (χ1n) is 20.6. The van der Waals surface area contributed by atoms with Crippen LogP contribution in [-0.2, 0) is 4.79 Å². The maximum atomic E-state index is 11.2. The molecule has 0 aromatic heterocycles. The van der Waals surface area contributed by atoms with E-state index < -0.39 is 0 Å². The summed E-state index contributed by atoms with van der Waals surface area (Å²) in [4.78, 5) is 20.5. The molecule has 3 aromatic carbocycles. The van der Waals surface area contributed by atoms with Crippen LogP contribution in [0, 0.1) is 0 Å². The van der Waals surface area contributed by atoms with Gasteiger partial charge in [-0.3, -0.25) is 14.8 Å². The summed E-state index contributed by atoms with van der Waals surface area (Å²) >= 11 is 0. The molecule has 0 spiro atoms. The average Bonchev–Trinajstić information content (AvgIpc) is 3.07. The molecule has 0 amide bonds. The van der Waals surface area contributed by atoms with Crippen LogP contribution >= 0.6 is 0 Å². The summed E-state index contributed by atoms with van der Waals surface area (Å²) in [6.45, 7) is 36.5. The topological polar surface area (TPSA) is 99.9 Å². The summed E-state index contributed by atoms with van der Waals surface area (Å²) in [6, 6.07) is 19.1. The first-order chi connectivity index (χ1) is 26.5. The van der Waals surface area contributed by atoms with Gasteiger partial charge in [0, 0.05) is 22.8 Å². The molecule has 0 radical (unpaired) electrons. The summed E-state index contributed by atoms with van der Waals surface area (Å²) in [5.41, 5.74) is 13.2. The molecular weight excluding hydrogens is 727 g/mol. The third-order valence-corrected chi connectivity index (χ3v) is 9.20. The van der Waals surface area contributed by atoms with Crippen molar-refractivity contribution in [1.29, 1.82) is 0 Å². The fourth-order valence-electron chi connectivity index (χ4n) is 6.52. The molecule has 0 saturated heterocycles. The van der Waals surface area contributed by atoms with Crippen molar-refractivity contribution in [1.82, 2.24) is 0 Å². The molecule has 0 aliphatic heterocycles. The van der Waals surface area contributed by atoms with Gasteiger partial charge >= 0.3 is 23.1 Å². The van der Waals surface area contributed by atoms with E-state index in [2.05, 4.69) is 153 Å². The Morgan fingerprint density at radius 3 is 0.966 bits per heavy atom. The second-order valence-corrected chi connectivity index (χ2v) is 16.9. The molecule has 58 heavy (non-hydrogen) atoms. The third-order valence-electron chi connectivity index (χ3n) is 9.20. The van der Waals surface area contributed by atoms with Crippen LogP contribution in [0.1, 0.15) is 194 Å². The molecule has 0 aliphatic rings. The predicted molar refractivity (Wildman–Crippen MR) is 251 cm³/mol. The zero-order chi connectivity index (χ0) is 43.7. The smallest absolute Gasteiger partial charge is 0.876 e. The molecule has 0 fully saturated rings. The molecule has 3 rings (SSSR count). The fraction of sp³-hybridized carbons (Fsp3) is 0.471. The standard InChI is InChI=1S/3C17H25NO.Mg/c3*1-11(2)15-8-7-9-16(12(3)4)17(15)18-13(5)10-14(6)19;/h2*7-12,19H,1-6H3;7-12,18H,1-6H3;/q;;;+2/p-2/b2*14-10-,18-13?;13-10-;. The predicted octanol–water partition coefficient (Wildman–Crippen LogP) is 13.0. The number of benzene rings is 3. The normalized spacial score (nSPS) is 12.8. The number of hydrogen-bond acceptors (Lipinski definition) is 6. The minimum atomic E-state index is 0. The summed E-state index contributed by atoms with van der Waals surface area (Å²) in [7, 11) is 0. The van der Waals surface area contributed by atoms with Crippen LogP contribution in [0.4, 0.5) is 17.1 Å². The van der Waals surface area contributed by atoms with Crippen molar-refractivity contribution in [2.75, 3.05) is 5.32 Å². The van der Waals surface area contributed by atoms with Crippen molar-refractivity contribution in [3.05, 3.63) is 123 Å². The molecule has 0 atom stereocenters. The van der Waals surface area contributed by atoms with Gasteiger partial charge < -0.3 is 15.5 Å². The number of para-hydroxylation sites is 3. The van der Waals surface area contributed by atoms with E-state index in [4.69, 9.17) is 0 Å². The first kappa shape index (κ1) is 54.1. The van der Waals surface area contributed by atoms with Gasteiger partial charge in [-0.25, -0.2) is 0 Å². The van der Waals surface area contributed by atoms with E-state index >= 15 is 0 Å². The van der Waals surface area contributed by atoms with E-state index in [9.17, 15) is 15.0 Å². The maximum absolute atomic E-state index is 11.2. The molecule has 0 unspecified atom stereocenters. The Morgan fingerprint density at radius 2 is 0.741 bits per heavy atom. The monoisotopic (exact) mass is 800 g/mol. The third kappa shape index (κ3) is 18.3. The Kier molecular flexibility index (Phi) is 24.4. The van der Waals surface area contributed by atoms with Crippen LogP contribution < -0.4 is 15.5 Å². The van der Waals surface area contributed by atoms with Gasteiger partial charge in [0.25, 0.3) is 0 Å². The van der Waals surface area contributed by atoms with Crippen molar-refractivity contribution < 1.29 is 15.0 Å². The second-order valence-electron chi connectivity index (χ2n) is 16.9. The zero-order valence-electron chi connectivity index (χ0n) is 39.2. The molecule has 7 heteroatoms. The van der Waals surface area contributed by atoms with E-state index in [1.54, 1.807) is 39.0 Å². The SMILES string of the molecule is CC(/C=C(/C)[O-])=Nc1c(C(C)C)cccc1C(C)C.CC(/C=C(/C)[O-])=Nc1c(C(C)C)cccc1C(C)C.CC(=O)/C=C(/C)Nc1c(C(C)C)cccc1C(C)C.[Mg+2]. The van der Waals surface area contributed by atoms with E-state index in [1.165, 1.54) is 33.4 Å². The Hall–Kier alpha value is -3.94. The van der Waals surface area contributed by atoms with Crippen molar-refractivity contribution in [2.45, 2.75) is 160 Å². The zero-order valence-corrected chi connectivity index (χ0v) is 40.6. The van der Waals surface area contributed by atoms with Gasteiger partial charge in [-0.15, -0.1) is 11.5 Å². The van der Waals surface area contributed by atoms with Gasteiger partial charge in [-0.05, 0) is 103 Å². The largest absolute Gasteiger partial charge is 2.00 e. The van der Waals surface area contributed by atoms with Crippen LogP contribution in [0.5, 0.6) is 0 Å². The molecular formula is C51H73MgN3O3. The number of aliphatic imine (C=N–C) groups is 2. The number of carbonyl (C=O) groups excluding carboxylic acids is 1. The van der Waals surface area contributed by atoms with Crippen molar-refractivity contribution in [2.24, 2.45) is 9.98 Å². The average molecular weight is 800 g/mol. The Labute approximate surface area is 369 Å². The minimum Gasteiger partial charge on any atom is -0.876 e. The molecule has 312 valence electrons. The Morgan fingerprint density at radius 1 is 0.483 bits per heavy atom. The van der Waals surface area contributed by atoms with Crippen LogP contribution in [0.15, 0.2) is 100 Å². The summed E-state index contributed by atoms with van der Waals surface area (Å²) < 4.78 is 0. The van der Waals surface area contributed by atoms with Crippen molar-refractivity contribution in [3.63, 3.8) is 0 Å². The number of carbonyl (C=O) groups is 1. The van der Waals surface area contributed by atoms with Crippen LogP contribution in [-0.4, -0.2) is 40.3 Å². The number of nitrogens with zero attached hydrogens (tertiary/aromatic N) is 2. The van der Waals surface area contributed by atoms with E-state index in [-0.39, 0.29) is 40.4 Å². The minimum absolute atomic E-state index is 0. The number of anilines is 1. The van der Waals surface area contributed by atoms with Gasteiger partial charge in [-0.1, -0.05) is 164 Å². The van der Waals surface area contributed by atoms with Gasteiger partial charge in [-0.2, -0.15) is 0 Å². The van der Waals surface area contributed by atoms with Gasteiger partial charge in [0.15, 0.2) is 5.78 Å². The van der Waals surface area contributed by atoms with Crippen molar-refractivity contribution in [3.8, 4) is 0 Å². The van der Waals surface area contributed by atoms with Crippen LogP contribution in [0.25, 0.3) is 0 Å². The van der Waals surface area contributed by atoms with Crippen LogP contribution in [0.2, 0.25) is 0 Å². The molecule has 6 nitrogen and oxygen atoms in total. The van der Waals surface area contributed by atoms with Crippen molar-refractivity contribution >= 4 is 57.3 Å². The van der Waals surface area contributed by atoms with E-state index in [0.29, 0.717) is 35.5 Å². The fourth-order valence-corrected chi connectivity index (χ4v) is 6.52. The number of nitrogens with one attached hydrogen (secondary N) is 1. The second kappa shape index (κ2) is 26.2.